The molecule has 5 nitrogen and oxygen atoms in total. The van der Waals surface area contributed by atoms with Gasteiger partial charge in [-0.15, -0.1) is 0 Å². The molecular formula is C16H24N2O3. The highest BCUT2D eigenvalue weighted by atomic mass is 16.6. The van der Waals surface area contributed by atoms with E-state index < -0.39 is 11.7 Å². The Labute approximate surface area is 125 Å². The van der Waals surface area contributed by atoms with Crippen molar-refractivity contribution in [2.24, 2.45) is 0 Å². The molecule has 1 aliphatic heterocycles. The van der Waals surface area contributed by atoms with E-state index in [1.54, 1.807) is 32.9 Å². The molecule has 1 fully saturated rings. The predicted molar refractivity (Wildman–Crippen MR) is 82.7 cm³/mol. The standard InChI is InChI=1S/C16H24N2O3/c1-16(2,3)21-15(20)18-13-7-6-11(10-14(13)19)9-12-5-4-8-17-12/h6-7,10,12,17,19H,4-5,8-9H2,1-3H3,(H,18,20). The van der Waals surface area contributed by atoms with Crippen molar-refractivity contribution in [2.45, 2.75) is 51.7 Å². The Hall–Kier alpha value is -1.75. The first kappa shape index (κ1) is 15.6. The van der Waals surface area contributed by atoms with Gasteiger partial charge in [0.25, 0.3) is 0 Å². The number of hydrogen-bond donors (Lipinski definition) is 3. The van der Waals surface area contributed by atoms with Gasteiger partial charge in [0.1, 0.15) is 11.4 Å². The molecule has 5 heteroatoms. The summed E-state index contributed by atoms with van der Waals surface area (Å²) in [5, 5.41) is 16.0. The first-order valence-electron chi connectivity index (χ1n) is 7.39. The van der Waals surface area contributed by atoms with Crippen molar-refractivity contribution >= 4 is 11.8 Å². The van der Waals surface area contributed by atoms with Crippen LogP contribution in [-0.2, 0) is 11.2 Å². The smallest absolute Gasteiger partial charge is 0.412 e. The normalized spacial score (nSPS) is 18.5. The number of amides is 1. The SMILES string of the molecule is CC(C)(C)OC(=O)Nc1ccc(CC2CCCN2)cc1O. The highest BCUT2D eigenvalue weighted by Crippen LogP contribution is 2.26. The summed E-state index contributed by atoms with van der Waals surface area (Å²) in [7, 11) is 0. The third kappa shape index (κ3) is 4.93. The van der Waals surface area contributed by atoms with Crippen LogP contribution in [0.3, 0.4) is 0 Å². The maximum atomic E-state index is 11.7. The van der Waals surface area contributed by atoms with Gasteiger partial charge in [-0.25, -0.2) is 4.79 Å². The predicted octanol–water partition coefficient (Wildman–Crippen LogP) is 3.03. The highest BCUT2D eigenvalue weighted by molar-refractivity contribution is 5.86. The molecular weight excluding hydrogens is 268 g/mol. The van der Waals surface area contributed by atoms with Crippen LogP contribution >= 0.6 is 0 Å². The van der Waals surface area contributed by atoms with Crippen LogP contribution in [0.4, 0.5) is 10.5 Å². The first-order valence-corrected chi connectivity index (χ1v) is 7.39. The number of aromatic hydroxyl groups is 1. The Morgan fingerprint density at radius 3 is 2.81 bits per heavy atom. The van der Waals surface area contributed by atoms with Gasteiger partial charge in [-0.3, -0.25) is 5.32 Å². The van der Waals surface area contributed by atoms with E-state index in [0.717, 1.165) is 18.5 Å². The van der Waals surface area contributed by atoms with Gasteiger partial charge in [0, 0.05) is 6.04 Å². The number of hydrogen-bond acceptors (Lipinski definition) is 4. The van der Waals surface area contributed by atoms with Gasteiger partial charge in [-0.1, -0.05) is 6.07 Å². The molecule has 1 heterocycles. The van der Waals surface area contributed by atoms with E-state index in [9.17, 15) is 9.90 Å². The minimum Gasteiger partial charge on any atom is -0.506 e. The number of benzene rings is 1. The molecule has 1 aromatic carbocycles. The third-order valence-electron chi connectivity index (χ3n) is 3.34. The van der Waals surface area contributed by atoms with Gasteiger partial charge in [0.2, 0.25) is 0 Å². The lowest BCUT2D eigenvalue weighted by Crippen LogP contribution is -2.27. The van der Waals surface area contributed by atoms with Crippen LogP contribution in [0.1, 0.15) is 39.2 Å². The summed E-state index contributed by atoms with van der Waals surface area (Å²) in [6, 6.07) is 5.82. The van der Waals surface area contributed by atoms with E-state index in [0.29, 0.717) is 11.7 Å². The zero-order chi connectivity index (χ0) is 15.5. The lowest BCUT2D eigenvalue weighted by molar-refractivity contribution is 0.0635. The van der Waals surface area contributed by atoms with E-state index in [1.165, 1.54) is 12.8 Å². The lowest BCUT2D eigenvalue weighted by atomic mass is 10.0. The van der Waals surface area contributed by atoms with Crippen LogP contribution in [0.5, 0.6) is 5.75 Å². The van der Waals surface area contributed by atoms with Gasteiger partial charge in [-0.05, 0) is 64.3 Å². The molecule has 0 aromatic heterocycles. The first-order chi connectivity index (χ1) is 9.83. The van der Waals surface area contributed by atoms with E-state index in [2.05, 4.69) is 10.6 Å². The van der Waals surface area contributed by atoms with Crippen molar-refractivity contribution in [3.05, 3.63) is 23.8 Å². The number of phenols is 1. The summed E-state index contributed by atoms with van der Waals surface area (Å²) in [6.07, 6.45) is 2.69. The zero-order valence-electron chi connectivity index (χ0n) is 12.9. The van der Waals surface area contributed by atoms with Crippen LogP contribution in [0, 0.1) is 0 Å². The number of ether oxygens (including phenoxy) is 1. The minimum atomic E-state index is -0.567. The van der Waals surface area contributed by atoms with Gasteiger partial charge in [0.15, 0.2) is 0 Å². The largest absolute Gasteiger partial charge is 0.506 e. The fourth-order valence-electron chi connectivity index (χ4n) is 2.44. The van der Waals surface area contributed by atoms with Gasteiger partial charge in [0.05, 0.1) is 5.69 Å². The van der Waals surface area contributed by atoms with Crippen LogP contribution in [-0.4, -0.2) is 29.4 Å². The highest BCUT2D eigenvalue weighted by Gasteiger charge is 2.18. The van der Waals surface area contributed by atoms with Crippen molar-refractivity contribution in [3.8, 4) is 5.75 Å². The number of carbonyl (C=O) groups excluding carboxylic acids is 1. The second-order valence-electron chi connectivity index (χ2n) is 6.48. The van der Waals surface area contributed by atoms with Crippen molar-refractivity contribution in [1.82, 2.24) is 5.32 Å². The molecule has 0 aliphatic carbocycles. The van der Waals surface area contributed by atoms with Crippen molar-refractivity contribution in [2.75, 3.05) is 11.9 Å². The van der Waals surface area contributed by atoms with E-state index in [-0.39, 0.29) is 5.75 Å². The molecule has 0 radical (unpaired) electrons. The quantitative estimate of drug-likeness (QED) is 0.749. The summed E-state index contributed by atoms with van der Waals surface area (Å²) < 4.78 is 5.16. The molecule has 1 aliphatic rings. The van der Waals surface area contributed by atoms with Crippen molar-refractivity contribution < 1.29 is 14.6 Å². The average Bonchev–Trinajstić information content (AvgIpc) is 2.83. The Bertz CT molecular complexity index is 503. The molecule has 1 saturated heterocycles. The van der Waals surface area contributed by atoms with Crippen LogP contribution < -0.4 is 10.6 Å². The number of anilines is 1. The molecule has 1 unspecified atom stereocenters. The van der Waals surface area contributed by atoms with Crippen LogP contribution in [0.2, 0.25) is 0 Å². The summed E-state index contributed by atoms with van der Waals surface area (Å²) in [5.41, 5.74) is 0.863. The molecule has 1 atom stereocenters. The summed E-state index contributed by atoms with van der Waals surface area (Å²) in [6.45, 7) is 6.45. The molecule has 0 spiro atoms. The molecule has 0 saturated carbocycles. The minimum absolute atomic E-state index is 0.0661. The second-order valence-corrected chi connectivity index (χ2v) is 6.48. The molecule has 116 valence electrons. The summed E-state index contributed by atoms with van der Waals surface area (Å²) >= 11 is 0. The maximum absolute atomic E-state index is 11.7. The molecule has 0 bridgehead atoms. The monoisotopic (exact) mass is 292 g/mol. The molecule has 21 heavy (non-hydrogen) atoms. The fourth-order valence-corrected chi connectivity index (χ4v) is 2.44. The summed E-state index contributed by atoms with van der Waals surface area (Å²) in [4.78, 5) is 11.7. The average molecular weight is 292 g/mol. The second kappa shape index (κ2) is 6.35. The van der Waals surface area contributed by atoms with E-state index in [4.69, 9.17) is 4.74 Å². The van der Waals surface area contributed by atoms with Gasteiger partial charge < -0.3 is 15.2 Å². The van der Waals surface area contributed by atoms with Crippen LogP contribution in [0.25, 0.3) is 0 Å². The zero-order valence-corrected chi connectivity index (χ0v) is 12.9. The van der Waals surface area contributed by atoms with E-state index in [1.807, 2.05) is 6.07 Å². The number of rotatable bonds is 3. The molecule has 2 rings (SSSR count). The van der Waals surface area contributed by atoms with Gasteiger partial charge in [-0.2, -0.15) is 0 Å². The number of phenolic OH excluding ortho intramolecular Hbond substituents is 1. The van der Waals surface area contributed by atoms with Gasteiger partial charge >= 0.3 is 6.09 Å². The molecule has 3 N–H and O–H groups in total. The molecule has 1 aromatic rings. The van der Waals surface area contributed by atoms with E-state index >= 15 is 0 Å². The third-order valence-corrected chi connectivity index (χ3v) is 3.34. The topological polar surface area (TPSA) is 70.6 Å². The summed E-state index contributed by atoms with van der Waals surface area (Å²) in [5.74, 6) is 0.0661. The maximum Gasteiger partial charge on any atom is 0.412 e. The Morgan fingerprint density at radius 2 is 2.24 bits per heavy atom. The number of nitrogens with one attached hydrogen (secondary N) is 2. The Kier molecular flexibility index (Phi) is 4.73. The Balaban J connectivity index is 1.96. The van der Waals surface area contributed by atoms with Crippen molar-refractivity contribution in [1.29, 1.82) is 0 Å². The van der Waals surface area contributed by atoms with Crippen molar-refractivity contribution in [3.63, 3.8) is 0 Å². The number of carbonyl (C=O) groups is 1. The fraction of sp³-hybridized carbons (Fsp3) is 0.562. The lowest BCUT2D eigenvalue weighted by Gasteiger charge is -2.20. The molecule has 1 amide bonds. The Morgan fingerprint density at radius 1 is 1.48 bits per heavy atom. The van der Waals surface area contributed by atoms with Crippen LogP contribution in [0.15, 0.2) is 18.2 Å².